The highest BCUT2D eigenvalue weighted by molar-refractivity contribution is 6.30. The van der Waals surface area contributed by atoms with Crippen LogP contribution in [0.2, 0.25) is 5.02 Å². The molecule has 2 atom stereocenters. The van der Waals surface area contributed by atoms with Crippen LogP contribution in [0.25, 0.3) is 0 Å². The molecule has 23 heavy (non-hydrogen) atoms. The molecule has 1 saturated heterocycles. The SMILES string of the molecule is Cc1cc(Cl)cc(C)c1OC(c1cncc(F)c1)[C@H]1CCNC1. The molecule has 0 saturated carbocycles. The molecule has 2 aromatic rings. The maximum atomic E-state index is 13.6. The molecule has 5 heteroatoms. The van der Waals surface area contributed by atoms with Crippen molar-refractivity contribution in [2.24, 2.45) is 5.92 Å². The quantitative estimate of drug-likeness (QED) is 0.909. The Balaban J connectivity index is 1.96. The van der Waals surface area contributed by atoms with Gasteiger partial charge in [0, 0.05) is 29.2 Å². The molecule has 3 nitrogen and oxygen atoms in total. The lowest BCUT2D eigenvalue weighted by Gasteiger charge is -2.26. The standard InChI is InChI=1S/C18H20ClFN2O/c1-11-5-15(19)6-12(2)17(11)23-18(13-3-4-21-8-13)14-7-16(20)10-22-9-14/h5-7,9-10,13,18,21H,3-4,8H2,1-2H3/t13-,18?/m0/s1. The predicted octanol–water partition coefficient (Wildman–Crippen LogP) is 4.22. The number of benzene rings is 1. The van der Waals surface area contributed by atoms with Crippen molar-refractivity contribution in [2.45, 2.75) is 26.4 Å². The first-order chi connectivity index (χ1) is 11.0. The molecule has 1 aliphatic heterocycles. The van der Waals surface area contributed by atoms with Gasteiger partial charge >= 0.3 is 0 Å². The van der Waals surface area contributed by atoms with E-state index in [2.05, 4.69) is 10.3 Å². The number of ether oxygens (including phenoxy) is 1. The second-order valence-corrected chi connectivity index (χ2v) is 6.53. The summed E-state index contributed by atoms with van der Waals surface area (Å²) in [7, 11) is 0. The summed E-state index contributed by atoms with van der Waals surface area (Å²) < 4.78 is 20.0. The average Bonchev–Trinajstić information content (AvgIpc) is 3.00. The number of rotatable bonds is 4. The highest BCUT2D eigenvalue weighted by Crippen LogP contribution is 2.36. The van der Waals surface area contributed by atoms with Gasteiger partial charge in [0.25, 0.3) is 0 Å². The summed E-state index contributed by atoms with van der Waals surface area (Å²) in [6.45, 7) is 5.75. The summed E-state index contributed by atoms with van der Waals surface area (Å²) >= 11 is 6.10. The van der Waals surface area contributed by atoms with Crippen LogP contribution in [0.5, 0.6) is 5.75 Å². The van der Waals surface area contributed by atoms with Gasteiger partial charge < -0.3 is 10.1 Å². The second-order valence-electron chi connectivity index (χ2n) is 6.10. The number of aryl methyl sites for hydroxylation is 2. The molecule has 122 valence electrons. The van der Waals surface area contributed by atoms with E-state index >= 15 is 0 Å². The van der Waals surface area contributed by atoms with Crippen molar-refractivity contribution >= 4 is 11.6 Å². The van der Waals surface area contributed by atoms with Gasteiger partial charge in [-0.05, 0) is 56.1 Å². The first kappa shape index (κ1) is 16.2. The summed E-state index contributed by atoms with van der Waals surface area (Å²) in [5, 5.41) is 4.04. The average molecular weight is 335 g/mol. The van der Waals surface area contributed by atoms with Gasteiger partial charge in [-0.15, -0.1) is 0 Å². The number of nitrogens with one attached hydrogen (secondary N) is 1. The smallest absolute Gasteiger partial charge is 0.141 e. The maximum Gasteiger partial charge on any atom is 0.141 e. The van der Waals surface area contributed by atoms with E-state index in [0.717, 1.165) is 42.0 Å². The fourth-order valence-electron chi connectivity index (χ4n) is 3.17. The molecule has 0 spiro atoms. The largest absolute Gasteiger partial charge is 0.485 e. The Morgan fingerprint density at radius 2 is 2.00 bits per heavy atom. The molecule has 0 amide bonds. The minimum absolute atomic E-state index is 0.230. The van der Waals surface area contributed by atoms with E-state index in [1.165, 1.54) is 12.3 Å². The van der Waals surface area contributed by atoms with Crippen LogP contribution in [-0.2, 0) is 0 Å². The van der Waals surface area contributed by atoms with Gasteiger partial charge in [0.15, 0.2) is 0 Å². The molecule has 3 rings (SSSR count). The summed E-state index contributed by atoms with van der Waals surface area (Å²) in [6, 6.07) is 5.28. The Morgan fingerprint density at radius 3 is 2.61 bits per heavy atom. The lowest BCUT2D eigenvalue weighted by atomic mass is 9.95. The minimum Gasteiger partial charge on any atom is -0.485 e. The van der Waals surface area contributed by atoms with Crippen molar-refractivity contribution < 1.29 is 9.13 Å². The molecular weight excluding hydrogens is 315 g/mol. The summed E-state index contributed by atoms with van der Waals surface area (Å²) in [6.07, 6.45) is 3.66. The van der Waals surface area contributed by atoms with Gasteiger partial charge in [-0.25, -0.2) is 4.39 Å². The Hall–Kier alpha value is -1.65. The first-order valence-corrected chi connectivity index (χ1v) is 8.17. The number of pyridine rings is 1. The first-order valence-electron chi connectivity index (χ1n) is 7.79. The fraction of sp³-hybridized carbons (Fsp3) is 0.389. The Morgan fingerprint density at radius 1 is 1.26 bits per heavy atom. The molecule has 1 N–H and O–H groups in total. The summed E-state index contributed by atoms with van der Waals surface area (Å²) in [5.41, 5.74) is 2.73. The van der Waals surface area contributed by atoms with Crippen LogP contribution < -0.4 is 10.1 Å². The molecule has 1 aromatic heterocycles. The van der Waals surface area contributed by atoms with Crippen molar-refractivity contribution in [3.8, 4) is 5.75 Å². The number of nitrogens with zero attached hydrogens (tertiary/aromatic N) is 1. The van der Waals surface area contributed by atoms with Gasteiger partial charge in [0.05, 0.1) is 6.20 Å². The lowest BCUT2D eigenvalue weighted by Crippen LogP contribution is -2.22. The molecule has 0 bridgehead atoms. The summed E-state index contributed by atoms with van der Waals surface area (Å²) in [5.74, 6) is 0.759. The van der Waals surface area contributed by atoms with Gasteiger partial charge in [-0.3, -0.25) is 4.98 Å². The van der Waals surface area contributed by atoms with Crippen LogP contribution in [0.4, 0.5) is 4.39 Å². The van der Waals surface area contributed by atoms with Crippen LogP contribution >= 0.6 is 11.6 Å². The third-order valence-electron chi connectivity index (χ3n) is 4.25. The van der Waals surface area contributed by atoms with Gasteiger partial charge in [0.1, 0.15) is 17.7 Å². The number of aromatic nitrogens is 1. The third kappa shape index (κ3) is 3.65. The molecule has 1 aromatic carbocycles. The van der Waals surface area contributed by atoms with Crippen LogP contribution in [-0.4, -0.2) is 18.1 Å². The van der Waals surface area contributed by atoms with E-state index in [0.29, 0.717) is 5.02 Å². The number of halogens is 2. The molecular formula is C18H20ClFN2O. The third-order valence-corrected chi connectivity index (χ3v) is 4.47. The monoisotopic (exact) mass is 334 g/mol. The normalized spacial score (nSPS) is 18.9. The zero-order valence-corrected chi connectivity index (χ0v) is 14.0. The van der Waals surface area contributed by atoms with Crippen molar-refractivity contribution in [1.82, 2.24) is 10.3 Å². The Bertz CT molecular complexity index is 678. The Labute approximate surface area is 140 Å². The van der Waals surface area contributed by atoms with Crippen molar-refractivity contribution in [3.63, 3.8) is 0 Å². The van der Waals surface area contributed by atoms with Crippen molar-refractivity contribution in [1.29, 1.82) is 0 Å². The van der Waals surface area contributed by atoms with E-state index < -0.39 is 0 Å². The molecule has 0 aliphatic carbocycles. The van der Waals surface area contributed by atoms with Crippen LogP contribution in [0.15, 0.2) is 30.6 Å². The second kappa shape index (κ2) is 6.85. The van der Waals surface area contributed by atoms with E-state index in [9.17, 15) is 4.39 Å². The topological polar surface area (TPSA) is 34.1 Å². The highest BCUT2D eigenvalue weighted by Gasteiger charge is 2.29. The minimum atomic E-state index is -0.341. The van der Waals surface area contributed by atoms with E-state index in [-0.39, 0.29) is 17.8 Å². The van der Waals surface area contributed by atoms with E-state index in [1.807, 2.05) is 26.0 Å². The fourth-order valence-corrected chi connectivity index (χ4v) is 3.49. The van der Waals surface area contributed by atoms with Gasteiger partial charge in [-0.2, -0.15) is 0 Å². The molecule has 1 fully saturated rings. The zero-order valence-electron chi connectivity index (χ0n) is 13.3. The molecule has 0 radical (unpaired) electrons. The molecule has 1 unspecified atom stereocenters. The van der Waals surface area contributed by atoms with Crippen molar-refractivity contribution in [3.05, 3.63) is 58.1 Å². The summed E-state index contributed by atoms with van der Waals surface area (Å²) in [4.78, 5) is 3.98. The van der Waals surface area contributed by atoms with Gasteiger partial charge in [-0.1, -0.05) is 11.6 Å². The number of hydrogen-bond donors (Lipinski definition) is 1. The lowest BCUT2D eigenvalue weighted by molar-refractivity contribution is 0.141. The Kier molecular flexibility index (Phi) is 4.83. The number of hydrogen-bond acceptors (Lipinski definition) is 3. The van der Waals surface area contributed by atoms with Crippen molar-refractivity contribution in [2.75, 3.05) is 13.1 Å². The highest BCUT2D eigenvalue weighted by atomic mass is 35.5. The van der Waals surface area contributed by atoms with Crippen LogP contribution in [0, 0.1) is 25.6 Å². The van der Waals surface area contributed by atoms with Crippen LogP contribution in [0.3, 0.4) is 0 Å². The molecule has 2 heterocycles. The predicted molar refractivity (Wildman–Crippen MR) is 89.5 cm³/mol. The van der Waals surface area contributed by atoms with E-state index in [4.69, 9.17) is 16.3 Å². The zero-order chi connectivity index (χ0) is 16.4. The van der Waals surface area contributed by atoms with Crippen LogP contribution in [0.1, 0.15) is 29.2 Å². The molecule has 1 aliphatic rings. The van der Waals surface area contributed by atoms with Gasteiger partial charge in [0.2, 0.25) is 0 Å². The maximum absolute atomic E-state index is 13.6. The van der Waals surface area contributed by atoms with E-state index in [1.54, 1.807) is 6.20 Å².